The standard InChI is InChI=1S/C18H23N3O3/c1-14(18(23)24-2)12-17(22)21-9-5-8-20(10-11-21)16-7-4-3-6-15(16)13-19/h3-4,6-7,14H,5,8-12H2,1-2H3/t14-/m0/s1. The molecule has 1 aliphatic rings. The van der Waals surface area contributed by atoms with Gasteiger partial charge >= 0.3 is 5.97 Å². The molecule has 1 aliphatic heterocycles. The first kappa shape index (κ1) is 17.8. The average molecular weight is 329 g/mol. The number of amides is 1. The minimum Gasteiger partial charge on any atom is -0.469 e. The third-order valence-corrected chi connectivity index (χ3v) is 4.30. The van der Waals surface area contributed by atoms with Crippen LogP contribution in [0.25, 0.3) is 0 Å². The van der Waals surface area contributed by atoms with Crippen molar-refractivity contribution < 1.29 is 14.3 Å². The lowest BCUT2D eigenvalue weighted by atomic mass is 10.1. The number of carbonyl (C=O) groups excluding carboxylic acids is 2. The highest BCUT2D eigenvalue weighted by molar-refractivity contribution is 5.82. The molecular weight excluding hydrogens is 306 g/mol. The molecule has 0 aromatic heterocycles. The Bertz CT molecular complexity index is 639. The number of nitriles is 1. The van der Waals surface area contributed by atoms with Gasteiger partial charge in [-0.25, -0.2) is 0 Å². The maximum Gasteiger partial charge on any atom is 0.308 e. The highest BCUT2D eigenvalue weighted by Gasteiger charge is 2.24. The fourth-order valence-electron chi connectivity index (χ4n) is 2.93. The summed E-state index contributed by atoms with van der Waals surface area (Å²) in [6.07, 6.45) is 1.000. The lowest BCUT2D eigenvalue weighted by Gasteiger charge is -2.25. The Balaban J connectivity index is 1.99. The third kappa shape index (κ3) is 4.25. The topological polar surface area (TPSA) is 73.6 Å². The number of benzene rings is 1. The summed E-state index contributed by atoms with van der Waals surface area (Å²) in [5.41, 5.74) is 1.56. The first-order valence-electron chi connectivity index (χ1n) is 8.16. The van der Waals surface area contributed by atoms with Crippen LogP contribution in [0, 0.1) is 17.2 Å². The van der Waals surface area contributed by atoms with Crippen LogP contribution in [0.5, 0.6) is 0 Å². The van der Waals surface area contributed by atoms with E-state index in [2.05, 4.69) is 15.7 Å². The van der Waals surface area contributed by atoms with Crippen LogP contribution >= 0.6 is 0 Å². The molecule has 6 heteroatoms. The Morgan fingerprint density at radius 2 is 2.00 bits per heavy atom. The Labute approximate surface area is 142 Å². The van der Waals surface area contributed by atoms with E-state index in [1.807, 2.05) is 18.2 Å². The van der Waals surface area contributed by atoms with Gasteiger partial charge in [0, 0.05) is 32.6 Å². The summed E-state index contributed by atoms with van der Waals surface area (Å²) >= 11 is 0. The van der Waals surface area contributed by atoms with Gasteiger partial charge in [-0.2, -0.15) is 5.26 Å². The van der Waals surface area contributed by atoms with E-state index >= 15 is 0 Å². The van der Waals surface area contributed by atoms with E-state index in [4.69, 9.17) is 0 Å². The van der Waals surface area contributed by atoms with Gasteiger partial charge in [-0.05, 0) is 18.6 Å². The van der Waals surface area contributed by atoms with Crippen LogP contribution in [0.15, 0.2) is 24.3 Å². The zero-order valence-corrected chi connectivity index (χ0v) is 14.2. The largest absolute Gasteiger partial charge is 0.469 e. The van der Waals surface area contributed by atoms with Gasteiger partial charge < -0.3 is 14.5 Å². The Kier molecular flexibility index (Phi) is 6.19. The molecule has 1 atom stereocenters. The van der Waals surface area contributed by atoms with E-state index in [1.165, 1.54) is 7.11 Å². The van der Waals surface area contributed by atoms with Crippen LogP contribution in [-0.4, -0.2) is 50.1 Å². The fourth-order valence-corrected chi connectivity index (χ4v) is 2.93. The lowest BCUT2D eigenvalue weighted by molar-refractivity contribution is -0.148. The lowest BCUT2D eigenvalue weighted by Crippen LogP contribution is -2.36. The number of rotatable bonds is 4. The molecule has 0 spiro atoms. The predicted molar refractivity (Wildman–Crippen MR) is 90.4 cm³/mol. The number of anilines is 1. The molecule has 1 saturated heterocycles. The SMILES string of the molecule is COC(=O)[C@@H](C)CC(=O)N1CCCN(c2ccccc2C#N)CC1. The Morgan fingerprint density at radius 3 is 2.71 bits per heavy atom. The molecular formula is C18H23N3O3. The second-order valence-corrected chi connectivity index (χ2v) is 5.98. The monoisotopic (exact) mass is 329 g/mol. The molecule has 1 fully saturated rings. The molecule has 1 heterocycles. The maximum absolute atomic E-state index is 12.4. The molecule has 0 radical (unpaired) electrons. The molecule has 0 bridgehead atoms. The van der Waals surface area contributed by atoms with Crippen molar-refractivity contribution in [3.63, 3.8) is 0 Å². The molecule has 1 aromatic rings. The van der Waals surface area contributed by atoms with Gasteiger partial charge in [0.2, 0.25) is 5.91 Å². The summed E-state index contributed by atoms with van der Waals surface area (Å²) in [4.78, 5) is 27.8. The smallest absolute Gasteiger partial charge is 0.308 e. The number of hydrogen-bond donors (Lipinski definition) is 0. The van der Waals surface area contributed by atoms with Crippen LogP contribution in [-0.2, 0) is 14.3 Å². The summed E-state index contributed by atoms with van der Waals surface area (Å²) in [6.45, 7) is 4.44. The highest BCUT2D eigenvalue weighted by atomic mass is 16.5. The fraction of sp³-hybridized carbons (Fsp3) is 0.500. The van der Waals surface area contributed by atoms with E-state index in [9.17, 15) is 14.9 Å². The van der Waals surface area contributed by atoms with Crippen LogP contribution in [0.2, 0.25) is 0 Å². The van der Waals surface area contributed by atoms with Crippen LogP contribution in [0.1, 0.15) is 25.3 Å². The molecule has 128 valence electrons. The molecule has 24 heavy (non-hydrogen) atoms. The molecule has 1 aromatic carbocycles. The molecule has 6 nitrogen and oxygen atoms in total. The van der Waals surface area contributed by atoms with Crippen molar-refractivity contribution in [1.29, 1.82) is 5.26 Å². The van der Waals surface area contributed by atoms with Crippen molar-refractivity contribution >= 4 is 17.6 Å². The van der Waals surface area contributed by atoms with Crippen LogP contribution < -0.4 is 4.90 Å². The van der Waals surface area contributed by atoms with Crippen molar-refractivity contribution in [3.05, 3.63) is 29.8 Å². The minimum atomic E-state index is -0.429. The molecule has 0 N–H and O–H groups in total. The van der Waals surface area contributed by atoms with Crippen molar-refractivity contribution in [1.82, 2.24) is 4.90 Å². The van der Waals surface area contributed by atoms with Crippen LogP contribution in [0.4, 0.5) is 5.69 Å². The number of ether oxygens (including phenoxy) is 1. The van der Waals surface area contributed by atoms with E-state index in [-0.39, 0.29) is 18.3 Å². The predicted octanol–water partition coefficient (Wildman–Crippen LogP) is 1.80. The van der Waals surface area contributed by atoms with Crippen molar-refractivity contribution in [2.45, 2.75) is 19.8 Å². The number of para-hydroxylation sites is 1. The van der Waals surface area contributed by atoms with Gasteiger partial charge in [0.1, 0.15) is 6.07 Å². The summed E-state index contributed by atoms with van der Waals surface area (Å²) < 4.78 is 4.68. The quantitative estimate of drug-likeness (QED) is 0.788. The van der Waals surface area contributed by atoms with Gasteiger partial charge in [-0.3, -0.25) is 9.59 Å². The zero-order chi connectivity index (χ0) is 17.5. The van der Waals surface area contributed by atoms with Crippen molar-refractivity contribution in [2.75, 3.05) is 38.2 Å². The number of hydrogen-bond acceptors (Lipinski definition) is 5. The van der Waals surface area contributed by atoms with Crippen LogP contribution in [0.3, 0.4) is 0 Å². The molecule has 2 rings (SSSR count). The number of esters is 1. The van der Waals surface area contributed by atoms with Gasteiger partial charge in [0.25, 0.3) is 0 Å². The normalized spacial score (nSPS) is 16.0. The summed E-state index contributed by atoms with van der Waals surface area (Å²) in [5.74, 6) is -0.813. The molecule has 0 unspecified atom stereocenters. The summed E-state index contributed by atoms with van der Waals surface area (Å²) in [5, 5.41) is 9.25. The van der Waals surface area contributed by atoms with E-state index in [0.29, 0.717) is 25.2 Å². The van der Waals surface area contributed by atoms with Gasteiger partial charge in [-0.1, -0.05) is 19.1 Å². The molecule has 0 aliphatic carbocycles. The summed E-state index contributed by atoms with van der Waals surface area (Å²) in [6, 6.07) is 9.74. The third-order valence-electron chi connectivity index (χ3n) is 4.30. The first-order chi connectivity index (χ1) is 11.6. The highest BCUT2D eigenvalue weighted by Crippen LogP contribution is 2.21. The van der Waals surface area contributed by atoms with E-state index in [0.717, 1.165) is 18.7 Å². The Morgan fingerprint density at radius 1 is 1.25 bits per heavy atom. The van der Waals surface area contributed by atoms with Gasteiger partial charge in [-0.15, -0.1) is 0 Å². The first-order valence-corrected chi connectivity index (χ1v) is 8.16. The second kappa shape index (κ2) is 8.34. The summed E-state index contributed by atoms with van der Waals surface area (Å²) in [7, 11) is 1.33. The number of methoxy groups -OCH3 is 1. The van der Waals surface area contributed by atoms with Gasteiger partial charge in [0.15, 0.2) is 0 Å². The molecule has 1 amide bonds. The van der Waals surface area contributed by atoms with Crippen molar-refractivity contribution in [2.24, 2.45) is 5.92 Å². The molecule has 0 saturated carbocycles. The second-order valence-electron chi connectivity index (χ2n) is 5.98. The van der Waals surface area contributed by atoms with E-state index in [1.54, 1.807) is 17.9 Å². The minimum absolute atomic E-state index is 0.0247. The number of carbonyl (C=O) groups is 2. The van der Waals surface area contributed by atoms with Gasteiger partial charge in [0.05, 0.1) is 24.3 Å². The average Bonchev–Trinajstić information content (AvgIpc) is 2.86. The number of nitrogens with zero attached hydrogens (tertiary/aromatic N) is 3. The van der Waals surface area contributed by atoms with E-state index < -0.39 is 5.92 Å². The Hall–Kier alpha value is -2.55. The maximum atomic E-state index is 12.4. The van der Waals surface area contributed by atoms with Crippen molar-refractivity contribution in [3.8, 4) is 6.07 Å². The zero-order valence-electron chi connectivity index (χ0n) is 14.2.